The third-order valence-electron chi connectivity index (χ3n) is 3.70. The Morgan fingerprint density at radius 2 is 1.00 bits per heavy atom. The number of anilines is 3. The molecule has 0 atom stereocenters. The summed E-state index contributed by atoms with van der Waals surface area (Å²) in [6.45, 7) is 0. The van der Waals surface area contributed by atoms with Crippen molar-refractivity contribution in [1.82, 2.24) is 0 Å². The lowest BCUT2D eigenvalue weighted by Crippen LogP contribution is -2.12. The molecule has 0 radical (unpaired) electrons. The number of carbonyl (C=O) groups is 2. The molecule has 0 amide bonds. The summed E-state index contributed by atoms with van der Waals surface area (Å²) in [7, 11) is 0. The number of halogens is 1. The fraction of sp³-hybridized carbons (Fsp3) is 0. The van der Waals surface area contributed by atoms with Crippen LogP contribution in [0.25, 0.3) is 0 Å². The molecule has 0 fully saturated rings. The Morgan fingerprint density at radius 3 is 1.35 bits per heavy atom. The largest absolute Gasteiger partial charge is 0.478 e. The number of hydrogen-bond acceptors (Lipinski definition) is 3. The Morgan fingerprint density at radius 1 is 0.615 bits per heavy atom. The van der Waals surface area contributed by atoms with E-state index < -0.39 is 11.9 Å². The molecule has 0 heterocycles. The molecule has 132 valence electrons. The Kier molecular flexibility index (Phi) is 5.98. The van der Waals surface area contributed by atoms with E-state index in [9.17, 15) is 19.8 Å². The second-order valence-corrected chi connectivity index (χ2v) is 5.39. The second-order valence-electron chi connectivity index (χ2n) is 5.39. The Labute approximate surface area is 156 Å². The molecule has 3 aromatic rings. The van der Waals surface area contributed by atoms with Crippen LogP contribution in [0.3, 0.4) is 0 Å². The van der Waals surface area contributed by atoms with Gasteiger partial charge in [0.15, 0.2) is 0 Å². The van der Waals surface area contributed by atoms with E-state index in [1.165, 1.54) is 12.1 Å². The van der Waals surface area contributed by atoms with Crippen molar-refractivity contribution in [3.63, 3.8) is 0 Å². The summed E-state index contributed by atoms with van der Waals surface area (Å²) in [5, 5.41) is 18.7. The summed E-state index contributed by atoms with van der Waals surface area (Å²) in [6.07, 6.45) is 0. The summed E-state index contributed by atoms with van der Waals surface area (Å²) < 4.78 is 0. The van der Waals surface area contributed by atoms with Crippen molar-refractivity contribution in [3.8, 4) is 0 Å². The smallest absolute Gasteiger partial charge is 0.335 e. The lowest BCUT2D eigenvalue weighted by atomic mass is 10.1. The first-order valence-electron chi connectivity index (χ1n) is 7.58. The topological polar surface area (TPSA) is 77.8 Å². The normalized spacial score (nSPS) is 9.85. The number of carboxylic acid groups (broad SMARTS) is 2. The van der Waals surface area contributed by atoms with Gasteiger partial charge in [-0.3, -0.25) is 0 Å². The number of carboxylic acids is 2. The van der Waals surface area contributed by atoms with Gasteiger partial charge in [-0.1, -0.05) is 36.4 Å². The molecular formula is C20H16ClNO4. The number of nitrogens with zero attached hydrogens (tertiary/aromatic N) is 1. The van der Waals surface area contributed by atoms with Crippen LogP contribution in [0.4, 0.5) is 17.1 Å². The summed E-state index contributed by atoms with van der Waals surface area (Å²) in [6, 6.07) is 22.8. The number of rotatable bonds is 5. The molecular weight excluding hydrogens is 354 g/mol. The monoisotopic (exact) mass is 369 g/mol. The molecule has 0 saturated carbocycles. The average molecular weight is 370 g/mol. The van der Waals surface area contributed by atoms with E-state index >= 15 is 0 Å². The first-order valence-corrected chi connectivity index (χ1v) is 7.58. The summed E-state index contributed by atoms with van der Waals surface area (Å²) in [4.78, 5) is 24.6. The second kappa shape index (κ2) is 8.18. The Hall–Kier alpha value is -3.31. The van der Waals surface area contributed by atoms with Gasteiger partial charge in [-0.2, -0.15) is 0 Å². The number of hydrogen-bond donors (Lipinski definition) is 2. The molecule has 0 aromatic heterocycles. The van der Waals surface area contributed by atoms with Gasteiger partial charge in [-0.15, -0.1) is 12.4 Å². The van der Waals surface area contributed by atoms with Crippen LogP contribution >= 0.6 is 12.4 Å². The molecule has 0 aliphatic rings. The number of para-hydroxylation sites is 2. The average Bonchev–Trinajstić information content (AvgIpc) is 2.63. The van der Waals surface area contributed by atoms with Crippen molar-refractivity contribution in [2.24, 2.45) is 0 Å². The number of benzene rings is 3. The fourth-order valence-corrected chi connectivity index (χ4v) is 2.59. The molecule has 2 N–H and O–H groups in total. The minimum atomic E-state index is -1.18. The molecule has 0 spiro atoms. The zero-order valence-electron chi connectivity index (χ0n) is 13.6. The quantitative estimate of drug-likeness (QED) is 0.663. The molecule has 6 heteroatoms. The van der Waals surface area contributed by atoms with E-state index in [1.54, 1.807) is 0 Å². The molecule has 3 rings (SSSR count). The van der Waals surface area contributed by atoms with E-state index in [2.05, 4.69) is 0 Å². The molecule has 0 aliphatic carbocycles. The summed E-state index contributed by atoms with van der Waals surface area (Å²) >= 11 is 0. The van der Waals surface area contributed by atoms with Gasteiger partial charge in [-0.05, 0) is 42.5 Å². The van der Waals surface area contributed by atoms with Gasteiger partial charge in [-0.25, -0.2) is 9.59 Å². The lowest BCUT2D eigenvalue weighted by Gasteiger charge is -2.26. The van der Waals surface area contributed by atoms with E-state index in [4.69, 9.17) is 0 Å². The van der Waals surface area contributed by atoms with Gasteiger partial charge in [0.1, 0.15) is 0 Å². The van der Waals surface area contributed by atoms with Crippen LogP contribution in [0.2, 0.25) is 0 Å². The van der Waals surface area contributed by atoms with Gasteiger partial charge in [0, 0.05) is 17.1 Å². The third-order valence-corrected chi connectivity index (χ3v) is 3.70. The Bertz CT molecular complexity index is 842. The van der Waals surface area contributed by atoms with Crippen LogP contribution in [0.5, 0.6) is 0 Å². The Balaban J connectivity index is 0.00000243. The van der Waals surface area contributed by atoms with Gasteiger partial charge in [0.05, 0.1) is 11.1 Å². The highest BCUT2D eigenvalue weighted by molar-refractivity contribution is 5.96. The third kappa shape index (κ3) is 4.02. The maximum absolute atomic E-state index is 11.4. The van der Waals surface area contributed by atoms with E-state index in [0.717, 1.165) is 17.4 Å². The van der Waals surface area contributed by atoms with Crippen molar-refractivity contribution in [2.45, 2.75) is 0 Å². The molecule has 0 aliphatic heterocycles. The van der Waals surface area contributed by atoms with Crippen molar-refractivity contribution in [2.75, 3.05) is 4.90 Å². The minimum Gasteiger partial charge on any atom is -0.478 e. The molecule has 5 nitrogen and oxygen atoms in total. The molecule has 26 heavy (non-hydrogen) atoms. The highest BCUT2D eigenvalue weighted by atomic mass is 35.5. The fourth-order valence-electron chi connectivity index (χ4n) is 2.59. The summed E-state index contributed by atoms with van der Waals surface area (Å²) in [5.74, 6) is -2.35. The van der Waals surface area contributed by atoms with E-state index in [-0.39, 0.29) is 23.5 Å². The van der Waals surface area contributed by atoms with E-state index in [1.807, 2.05) is 65.6 Å². The molecule has 0 saturated heterocycles. The van der Waals surface area contributed by atoms with Crippen LogP contribution in [0.15, 0.2) is 78.9 Å². The SMILES string of the molecule is Cl.O=C(O)c1cc(C(=O)O)cc(N(c2ccccc2)c2ccccc2)c1. The van der Waals surface area contributed by atoms with Gasteiger partial charge >= 0.3 is 11.9 Å². The van der Waals surface area contributed by atoms with Crippen LogP contribution in [0, 0.1) is 0 Å². The van der Waals surface area contributed by atoms with Crippen molar-refractivity contribution in [1.29, 1.82) is 0 Å². The van der Waals surface area contributed by atoms with Gasteiger partial charge in [0.2, 0.25) is 0 Å². The van der Waals surface area contributed by atoms with Crippen molar-refractivity contribution in [3.05, 3.63) is 90.0 Å². The maximum atomic E-state index is 11.4. The van der Waals surface area contributed by atoms with Crippen molar-refractivity contribution >= 4 is 41.4 Å². The highest BCUT2D eigenvalue weighted by Gasteiger charge is 2.17. The van der Waals surface area contributed by atoms with Crippen LogP contribution in [-0.4, -0.2) is 22.2 Å². The van der Waals surface area contributed by atoms with Crippen molar-refractivity contribution < 1.29 is 19.8 Å². The minimum absolute atomic E-state index is 0. The number of aromatic carboxylic acids is 2. The zero-order chi connectivity index (χ0) is 17.8. The van der Waals surface area contributed by atoms with Gasteiger partial charge in [0.25, 0.3) is 0 Å². The molecule has 0 unspecified atom stereocenters. The lowest BCUT2D eigenvalue weighted by molar-refractivity contribution is 0.0696. The molecule has 0 bridgehead atoms. The standard InChI is InChI=1S/C20H15NO4.ClH/c22-19(23)14-11-15(20(24)25)13-18(12-14)21(16-7-3-1-4-8-16)17-9-5-2-6-10-17;/h1-13H,(H,22,23)(H,24,25);1H. The highest BCUT2D eigenvalue weighted by Crippen LogP contribution is 2.35. The first-order chi connectivity index (χ1) is 12.1. The molecule has 3 aromatic carbocycles. The zero-order valence-corrected chi connectivity index (χ0v) is 14.4. The van der Waals surface area contributed by atoms with E-state index in [0.29, 0.717) is 5.69 Å². The first kappa shape index (κ1) is 19.0. The van der Waals surface area contributed by atoms with Crippen LogP contribution in [-0.2, 0) is 0 Å². The predicted octanol–water partition coefficient (Wildman–Crippen LogP) is 4.97. The predicted molar refractivity (Wildman–Crippen MR) is 102 cm³/mol. The van der Waals surface area contributed by atoms with Crippen LogP contribution < -0.4 is 4.90 Å². The van der Waals surface area contributed by atoms with Gasteiger partial charge < -0.3 is 15.1 Å². The van der Waals surface area contributed by atoms with Crippen LogP contribution in [0.1, 0.15) is 20.7 Å². The maximum Gasteiger partial charge on any atom is 0.335 e. The summed E-state index contributed by atoms with van der Waals surface area (Å²) in [5.41, 5.74) is 1.91.